The van der Waals surface area contributed by atoms with Crippen molar-refractivity contribution in [2.75, 3.05) is 14.2 Å². The Bertz CT molecular complexity index is 186. The van der Waals surface area contributed by atoms with Gasteiger partial charge in [0, 0.05) is 26.1 Å². The van der Waals surface area contributed by atoms with Gasteiger partial charge in [0.1, 0.15) is 0 Å². The summed E-state index contributed by atoms with van der Waals surface area (Å²) in [5.74, 6) is 0.407. The number of hydrogen-bond donors (Lipinski definition) is 0. The van der Waals surface area contributed by atoms with Gasteiger partial charge in [-0.3, -0.25) is 0 Å². The number of hydrogen-bond acceptors (Lipinski definition) is 2. The highest BCUT2D eigenvalue weighted by atomic mass is 16.7. The second kappa shape index (κ2) is 9.80. The van der Waals surface area contributed by atoms with Crippen molar-refractivity contribution in [1.82, 2.24) is 0 Å². The summed E-state index contributed by atoms with van der Waals surface area (Å²) in [5, 5.41) is 0. The van der Waals surface area contributed by atoms with E-state index in [9.17, 15) is 0 Å². The molecule has 0 saturated carbocycles. The summed E-state index contributed by atoms with van der Waals surface area (Å²) in [6.07, 6.45) is 9.26. The summed E-state index contributed by atoms with van der Waals surface area (Å²) in [4.78, 5) is 0. The normalized spacial score (nSPS) is 14.2. The van der Waals surface area contributed by atoms with E-state index in [1.165, 1.54) is 44.9 Å². The van der Waals surface area contributed by atoms with Gasteiger partial charge < -0.3 is 9.47 Å². The van der Waals surface area contributed by atoms with Gasteiger partial charge in [-0.15, -0.1) is 0 Å². The van der Waals surface area contributed by atoms with Crippen LogP contribution in [0.2, 0.25) is 0 Å². The molecule has 1 atom stereocenters. The van der Waals surface area contributed by atoms with Gasteiger partial charge in [0.2, 0.25) is 0 Å². The van der Waals surface area contributed by atoms with Crippen molar-refractivity contribution >= 4 is 0 Å². The molecule has 0 aliphatic heterocycles. The average Bonchev–Trinajstić information content (AvgIpc) is 2.35. The van der Waals surface area contributed by atoms with Crippen LogP contribution in [0.15, 0.2) is 0 Å². The molecule has 0 aliphatic carbocycles. The van der Waals surface area contributed by atoms with Gasteiger partial charge in [0.15, 0.2) is 5.79 Å². The van der Waals surface area contributed by atoms with Crippen LogP contribution >= 0.6 is 0 Å². The van der Waals surface area contributed by atoms with Crippen LogP contribution in [0.25, 0.3) is 0 Å². The SMILES string of the molecule is CCCCCCCCC(C)C(OC)(OC)C(C)C. The molecule has 0 aromatic rings. The van der Waals surface area contributed by atoms with Gasteiger partial charge in [-0.1, -0.05) is 66.2 Å². The third-order valence-corrected chi connectivity index (χ3v) is 4.12. The first-order valence-electron chi connectivity index (χ1n) is 7.65. The number of ether oxygens (including phenoxy) is 2. The maximum atomic E-state index is 5.68. The highest BCUT2D eigenvalue weighted by molar-refractivity contribution is 4.79. The summed E-state index contributed by atoms with van der Waals surface area (Å²) >= 11 is 0. The topological polar surface area (TPSA) is 18.5 Å². The minimum Gasteiger partial charge on any atom is -0.353 e. The maximum absolute atomic E-state index is 5.68. The maximum Gasteiger partial charge on any atom is 0.172 e. The lowest BCUT2D eigenvalue weighted by Gasteiger charge is -2.40. The molecule has 110 valence electrons. The molecule has 0 aromatic carbocycles. The molecular formula is C16H34O2. The van der Waals surface area contributed by atoms with Crippen LogP contribution in [0.5, 0.6) is 0 Å². The second-order valence-electron chi connectivity index (χ2n) is 5.74. The van der Waals surface area contributed by atoms with Gasteiger partial charge in [0.25, 0.3) is 0 Å². The van der Waals surface area contributed by atoms with Crippen molar-refractivity contribution < 1.29 is 9.47 Å². The van der Waals surface area contributed by atoms with Crippen molar-refractivity contribution in [3.63, 3.8) is 0 Å². The standard InChI is InChI=1S/C16H34O2/c1-7-8-9-10-11-12-13-15(4)16(17-5,18-6)14(2)3/h14-15H,7-13H2,1-6H3. The van der Waals surface area contributed by atoms with Gasteiger partial charge in [-0.05, 0) is 6.42 Å². The Morgan fingerprint density at radius 3 is 1.78 bits per heavy atom. The van der Waals surface area contributed by atoms with Crippen molar-refractivity contribution in [2.45, 2.75) is 78.4 Å². The third kappa shape index (κ3) is 5.27. The zero-order valence-electron chi connectivity index (χ0n) is 13.4. The lowest BCUT2D eigenvalue weighted by Crippen LogP contribution is -2.45. The molecule has 0 aromatic heterocycles. The van der Waals surface area contributed by atoms with Crippen LogP contribution < -0.4 is 0 Å². The second-order valence-corrected chi connectivity index (χ2v) is 5.74. The Morgan fingerprint density at radius 2 is 1.33 bits per heavy atom. The molecule has 0 heterocycles. The zero-order chi connectivity index (χ0) is 14.0. The Morgan fingerprint density at radius 1 is 0.833 bits per heavy atom. The van der Waals surface area contributed by atoms with E-state index in [-0.39, 0.29) is 0 Å². The van der Waals surface area contributed by atoms with Crippen molar-refractivity contribution in [3.8, 4) is 0 Å². The number of rotatable bonds is 11. The molecule has 1 unspecified atom stereocenters. The molecule has 0 aliphatic rings. The van der Waals surface area contributed by atoms with E-state index >= 15 is 0 Å². The van der Waals surface area contributed by atoms with E-state index in [0.29, 0.717) is 11.8 Å². The molecule has 0 bridgehead atoms. The Labute approximate surface area is 114 Å². The van der Waals surface area contributed by atoms with E-state index in [1.807, 2.05) is 0 Å². The van der Waals surface area contributed by atoms with Gasteiger partial charge in [-0.2, -0.15) is 0 Å². The van der Waals surface area contributed by atoms with Crippen LogP contribution in [0.1, 0.15) is 72.6 Å². The predicted octanol–water partition coefficient (Wildman–Crippen LogP) is 5.02. The molecule has 0 radical (unpaired) electrons. The molecular weight excluding hydrogens is 224 g/mol. The fourth-order valence-corrected chi connectivity index (χ4v) is 2.96. The Hall–Kier alpha value is -0.0800. The fraction of sp³-hybridized carbons (Fsp3) is 1.00. The quantitative estimate of drug-likeness (QED) is 0.383. The molecule has 0 fully saturated rings. The van der Waals surface area contributed by atoms with E-state index in [0.717, 1.165) is 0 Å². The smallest absolute Gasteiger partial charge is 0.172 e. The summed E-state index contributed by atoms with van der Waals surface area (Å²) in [6, 6.07) is 0. The van der Waals surface area contributed by atoms with Gasteiger partial charge in [-0.25, -0.2) is 0 Å². The van der Waals surface area contributed by atoms with E-state index in [1.54, 1.807) is 14.2 Å². The first-order chi connectivity index (χ1) is 8.55. The summed E-state index contributed by atoms with van der Waals surface area (Å²) < 4.78 is 11.4. The molecule has 18 heavy (non-hydrogen) atoms. The molecule has 0 saturated heterocycles. The monoisotopic (exact) mass is 258 g/mol. The van der Waals surface area contributed by atoms with Crippen LogP contribution in [0, 0.1) is 11.8 Å². The minimum absolute atomic E-state index is 0.377. The molecule has 0 rings (SSSR count). The zero-order valence-corrected chi connectivity index (χ0v) is 13.4. The molecule has 2 heteroatoms. The molecule has 0 N–H and O–H groups in total. The van der Waals surface area contributed by atoms with Gasteiger partial charge >= 0.3 is 0 Å². The first kappa shape index (κ1) is 17.9. The summed E-state index contributed by atoms with van der Waals surface area (Å²) in [7, 11) is 3.53. The van der Waals surface area contributed by atoms with Crippen LogP contribution in [0.4, 0.5) is 0 Å². The van der Waals surface area contributed by atoms with Crippen LogP contribution in [-0.4, -0.2) is 20.0 Å². The minimum atomic E-state index is -0.413. The third-order valence-electron chi connectivity index (χ3n) is 4.12. The van der Waals surface area contributed by atoms with Crippen molar-refractivity contribution in [2.24, 2.45) is 11.8 Å². The summed E-state index contributed by atoms with van der Waals surface area (Å²) in [5.41, 5.74) is 0. The van der Waals surface area contributed by atoms with Crippen molar-refractivity contribution in [3.05, 3.63) is 0 Å². The molecule has 0 amide bonds. The van der Waals surface area contributed by atoms with E-state index in [4.69, 9.17) is 9.47 Å². The number of unbranched alkanes of at least 4 members (excludes halogenated alkanes) is 5. The highest BCUT2D eigenvalue weighted by Gasteiger charge is 2.39. The van der Waals surface area contributed by atoms with Gasteiger partial charge in [0.05, 0.1) is 0 Å². The largest absolute Gasteiger partial charge is 0.353 e. The highest BCUT2D eigenvalue weighted by Crippen LogP contribution is 2.34. The Balaban J connectivity index is 4.00. The van der Waals surface area contributed by atoms with E-state index < -0.39 is 5.79 Å². The number of methoxy groups -OCH3 is 2. The molecule has 0 spiro atoms. The van der Waals surface area contributed by atoms with Crippen molar-refractivity contribution in [1.29, 1.82) is 0 Å². The molecule has 2 nitrogen and oxygen atoms in total. The van der Waals surface area contributed by atoms with Crippen LogP contribution in [0.3, 0.4) is 0 Å². The fourth-order valence-electron chi connectivity index (χ4n) is 2.96. The van der Waals surface area contributed by atoms with Crippen LogP contribution in [-0.2, 0) is 9.47 Å². The lowest BCUT2D eigenvalue weighted by atomic mass is 9.86. The Kier molecular flexibility index (Phi) is 9.76. The average molecular weight is 258 g/mol. The van der Waals surface area contributed by atoms with E-state index in [2.05, 4.69) is 27.7 Å². The first-order valence-corrected chi connectivity index (χ1v) is 7.65. The summed E-state index contributed by atoms with van der Waals surface area (Å²) in [6.45, 7) is 8.85. The predicted molar refractivity (Wildman–Crippen MR) is 78.7 cm³/mol. The lowest BCUT2D eigenvalue weighted by molar-refractivity contribution is -0.263.